The van der Waals surface area contributed by atoms with Crippen LogP contribution in [0, 0.1) is 11.3 Å². The summed E-state index contributed by atoms with van der Waals surface area (Å²) in [7, 11) is -3.76. The SMILES string of the molecule is N#Cc1ccccc1S(=O)(=O)NCC(N)c1ccccc1. The minimum atomic E-state index is -3.76. The van der Waals surface area contributed by atoms with Gasteiger partial charge >= 0.3 is 0 Å². The maximum atomic E-state index is 12.2. The van der Waals surface area contributed by atoms with Crippen LogP contribution < -0.4 is 10.5 Å². The molecule has 1 atom stereocenters. The first-order chi connectivity index (χ1) is 10.0. The lowest BCUT2D eigenvalue weighted by Crippen LogP contribution is -2.32. The molecule has 5 nitrogen and oxygen atoms in total. The van der Waals surface area contributed by atoms with Gasteiger partial charge in [-0.2, -0.15) is 5.26 Å². The van der Waals surface area contributed by atoms with E-state index in [-0.39, 0.29) is 17.0 Å². The van der Waals surface area contributed by atoms with Crippen molar-refractivity contribution < 1.29 is 8.42 Å². The first kappa shape index (κ1) is 15.2. The number of nitriles is 1. The number of nitrogens with one attached hydrogen (secondary N) is 1. The Morgan fingerprint density at radius 1 is 1.10 bits per heavy atom. The lowest BCUT2D eigenvalue weighted by Gasteiger charge is -2.14. The molecule has 0 amide bonds. The van der Waals surface area contributed by atoms with Crippen LogP contribution in [-0.2, 0) is 10.0 Å². The molecular weight excluding hydrogens is 286 g/mol. The Morgan fingerprint density at radius 2 is 1.71 bits per heavy atom. The molecule has 2 rings (SSSR count). The number of benzene rings is 2. The number of nitrogens with zero attached hydrogens (tertiary/aromatic N) is 1. The van der Waals surface area contributed by atoms with Crippen molar-refractivity contribution in [2.45, 2.75) is 10.9 Å². The van der Waals surface area contributed by atoms with Crippen molar-refractivity contribution in [2.75, 3.05) is 6.54 Å². The normalized spacial score (nSPS) is 12.6. The summed E-state index contributed by atoms with van der Waals surface area (Å²) in [5.41, 5.74) is 6.91. The van der Waals surface area contributed by atoms with Crippen molar-refractivity contribution in [2.24, 2.45) is 5.73 Å². The molecule has 2 aromatic rings. The predicted octanol–water partition coefficient (Wildman–Crippen LogP) is 1.54. The number of sulfonamides is 1. The van der Waals surface area contributed by atoms with Gasteiger partial charge in [-0.15, -0.1) is 0 Å². The first-order valence-corrected chi connectivity index (χ1v) is 7.82. The smallest absolute Gasteiger partial charge is 0.241 e. The molecule has 21 heavy (non-hydrogen) atoms. The van der Waals surface area contributed by atoms with E-state index in [1.54, 1.807) is 12.1 Å². The Bertz CT molecular complexity index is 752. The van der Waals surface area contributed by atoms with Crippen LogP contribution in [0.25, 0.3) is 0 Å². The number of hydrogen-bond donors (Lipinski definition) is 2. The number of rotatable bonds is 5. The molecule has 0 saturated carbocycles. The van der Waals surface area contributed by atoms with E-state index in [1.807, 2.05) is 36.4 Å². The van der Waals surface area contributed by atoms with Gasteiger partial charge in [-0.1, -0.05) is 42.5 Å². The van der Waals surface area contributed by atoms with E-state index in [9.17, 15) is 8.42 Å². The number of nitrogens with two attached hydrogens (primary N) is 1. The average Bonchev–Trinajstić information content (AvgIpc) is 2.53. The lowest BCUT2D eigenvalue weighted by atomic mass is 10.1. The van der Waals surface area contributed by atoms with Gasteiger partial charge in [-0.25, -0.2) is 13.1 Å². The molecule has 0 heterocycles. The Balaban J connectivity index is 2.14. The largest absolute Gasteiger partial charge is 0.323 e. The second kappa shape index (κ2) is 6.50. The molecule has 3 N–H and O–H groups in total. The van der Waals surface area contributed by atoms with Gasteiger partial charge in [-0.3, -0.25) is 0 Å². The molecule has 0 radical (unpaired) electrons. The molecule has 0 bridgehead atoms. The van der Waals surface area contributed by atoms with Crippen LogP contribution in [-0.4, -0.2) is 15.0 Å². The van der Waals surface area contributed by atoms with Crippen LogP contribution in [0.15, 0.2) is 59.5 Å². The maximum absolute atomic E-state index is 12.2. The highest BCUT2D eigenvalue weighted by molar-refractivity contribution is 7.89. The summed E-state index contributed by atoms with van der Waals surface area (Å²) in [5.74, 6) is 0. The Labute approximate surface area is 124 Å². The number of hydrogen-bond acceptors (Lipinski definition) is 4. The zero-order valence-electron chi connectivity index (χ0n) is 11.2. The van der Waals surface area contributed by atoms with Crippen LogP contribution >= 0.6 is 0 Å². The fraction of sp³-hybridized carbons (Fsp3) is 0.133. The van der Waals surface area contributed by atoms with Crippen LogP contribution in [0.4, 0.5) is 0 Å². The second-order valence-corrected chi connectivity index (χ2v) is 6.21. The van der Waals surface area contributed by atoms with E-state index >= 15 is 0 Å². The topological polar surface area (TPSA) is 96.0 Å². The third-order valence-electron chi connectivity index (χ3n) is 3.02. The summed E-state index contributed by atoms with van der Waals surface area (Å²) < 4.78 is 26.9. The van der Waals surface area contributed by atoms with E-state index < -0.39 is 16.1 Å². The van der Waals surface area contributed by atoms with Crippen molar-refractivity contribution in [1.29, 1.82) is 5.26 Å². The molecule has 0 spiro atoms. The summed E-state index contributed by atoms with van der Waals surface area (Å²) in [6, 6.07) is 16.7. The second-order valence-electron chi connectivity index (χ2n) is 4.48. The fourth-order valence-electron chi connectivity index (χ4n) is 1.89. The summed E-state index contributed by atoms with van der Waals surface area (Å²) in [4.78, 5) is -0.0345. The van der Waals surface area contributed by atoms with Crippen LogP contribution in [0.5, 0.6) is 0 Å². The van der Waals surface area contributed by atoms with E-state index in [0.29, 0.717) is 0 Å². The molecule has 0 saturated heterocycles. The van der Waals surface area contributed by atoms with Gasteiger partial charge in [0.15, 0.2) is 0 Å². The molecule has 0 aromatic heterocycles. The highest BCUT2D eigenvalue weighted by Crippen LogP contribution is 2.15. The van der Waals surface area contributed by atoms with Gasteiger partial charge in [0.25, 0.3) is 0 Å². The van der Waals surface area contributed by atoms with E-state index in [4.69, 9.17) is 11.0 Å². The minimum absolute atomic E-state index is 0.0345. The predicted molar refractivity (Wildman–Crippen MR) is 79.7 cm³/mol. The fourth-order valence-corrected chi connectivity index (χ4v) is 3.10. The van der Waals surface area contributed by atoms with Gasteiger partial charge in [0.05, 0.1) is 10.5 Å². The highest BCUT2D eigenvalue weighted by atomic mass is 32.2. The molecular formula is C15H15N3O2S. The van der Waals surface area contributed by atoms with Crippen molar-refractivity contribution in [1.82, 2.24) is 4.72 Å². The zero-order valence-corrected chi connectivity index (χ0v) is 12.0. The van der Waals surface area contributed by atoms with E-state index in [1.165, 1.54) is 12.1 Å². The van der Waals surface area contributed by atoms with Gasteiger partial charge in [0, 0.05) is 12.6 Å². The molecule has 2 aromatic carbocycles. The maximum Gasteiger partial charge on any atom is 0.241 e. The summed E-state index contributed by atoms with van der Waals surface area (Å²) >= 11 is 0. The average molecular weight is 301 g/mol. The third kappa shape index (κ3) is 3.67. The molecule has 1 unspecified atom stereocenters. The van der Waals surface area contributed by atoms with Crippen LogP contribution in [0.1, 0.15) is 17.2 Å². The summed E-state index contributed by atoms with van der Waals surface area (Å²) in [6.07, 6.45) is 0. The van der Waals surface area contributed by atoms with Gasteiger partial charge in [-0.05, 0) is 17.7 Å². The molecule has 108 valence electrons. The summed E-state index contributed by atoms with van der Waals surface area (Å²) in [6.45, 7) is 0.0616. The van der Waals surface area contributed by atoms with Crippen molar-refractivity contribution in [3.63, 3.8) is 0 Å². The van der Waals surface area contributed by atoms with Crippen molar-refractivity contribution in [3.05, 3.63) is 65.7 Å². The van der Waals surface area contributed by atoms with E-state index in [2.05, 4.69) is 4.72 Å². The van der Waals surface area contributed by atoms with Crippen molar-refractivity contribution in [3.8, 4) is 6.07 Å². The van der Waals surface area contributed by atoms with Gasteiger partial charge in [0.2, 0.25) is 10.0 Å². The Kier molecular flexibility index (Phi) is 4.70. The van der Waals surface area contributed by atoms with Gasteiger partial charge in [0.1, 0.15) is 6.07 Å². The molecule has 6 heteroatoms. The molecule has 0 fully saturated rings. The highest BCUT2D eigenvalue weighted by Gasteiger charge is 2.19. The zero-order chi connectivity index (χ0) is 15.3. The molecule has 0 aliphatic heterocycles. The standard InChI is InChI=1S/C15H15N3O2S/c16-10-13-8-4-5-9-15(13)21(19,20)18-11-14(17)12-6-2-1-3-7-12/h1-9,14,18H,11,17H2. The lowest BCUT2D eigenvalue weighted by molar-refractivity contribution is 0.572. The van der Waals surface area contributed by atoms with Crippen LogP contribution in [0.3, 0.4) is 0 Å². The Hall–Kier alpha value is -2.20. The first-order valence-electron chi connectivity index (χ1n) is 6.34. The molecule has 0 aliphatic rings. The Morgan fingerprint density at radius 3 is 2.38 bits per heavy atom. The van der Waals surface area contributed by atoms with Crippen LogP contribution in [0.2, 0.25) is 0 Å². The monoisotopic (exact) mass is 301 g/mol. The third-order valence-corrected chi connectivity index (χ3v) is 4.50. The van der Waals surface area contributed by atoms with E-state index in [0.717, 1.165) is 5.56 Å². The van der Waals surface area contributed by atoms with Crippen molar-refractivity contribution >= 4 is 10.0 Å². The quantitative estimate of drug-likeness (QED) is 0.875. The van der Waals surface area contributed by atoms with Gasteiger partial charge < -0.3 is 5.73 Å². The minimum Gasteiger partial charge on any atom is -0.323 e. The summed E-state index contributed by atoms with van der Waals surface area (Å²) in [5, 5.41) is 8.97. The molecule has 0 aliphatic carbocycles.